The monoisotopic (exact) mass is 200 g/mol. The third kappa shape index (κ3) is 2.69. The van der Waals surface area contributed by atoms with Crippen LogP contribution >= 0.6 is 0 Å². The molecule has 1 aliphatic rings. The van der Waals surface area contributed by atoms with Crippen molar-refractivity contribution in [2.75, 3.05) is 19.6 Å². The Balaban J connectivity index is 2.52. The summed E-state index contributed by atoms with van der Waals surface area (Å²) in [4.78, 5) is 0. The van der Waals surface area contributed by atoms with Crippen LogP contribution in [-0.2, 0) is 0 Å². The van der Waals surface area contributed by atoms with E-state index in [1.807, 2.05) is 6.92 Å². The van der Waals surface area contributed by atoms with E-state index >= 15 is 0 Å². The van der Waals surface area contributed by atoms with Crippen LogP contribution in [0.15, 0.2) is 0 Å². The van der Waals surface area contributed by atoms with Crippen molar-refractivity contribution in [1.29, 1.82) is 0 Å². The normalized spacial score (nSPS) is 29.6. The quantitative estimate of drug-likeness (QED) is 0.627. The molecule has 3 nitrogen and oxygen atoms in total. The van der Waals surface area contributed by atoms with Gasteiger partial charge < -0.3 is 15.7 Å². The van der Waals surface area contributed by atoms with Gasteiger partial charge in [0.15, 0.2) is 0 Å². The van der Waals surface area contributed by atoms with Crippen LogP contribution in [0.3, 0.4) is 0 Å². The highest BCUT2D eigenvalue weighted by Crippen LogP contribution is 2.26. The maximum Gasteiger partial charge on any atom is 0.0809 e. The summed E-state index contributed by atoms with van der Waals surface area (Å²) in [5.74, 6) is 0.380. The Labute approximate surface area is 87.3 Å². The second-order valence-corrected chi connectivity index (χ2v) is 4.55. The highest BCUT2D eigenvalue weighted by Gasteiger charge is 2.37. The average Bonchev–Trinajstić information content (AvgIpc) is 2.19. The number of likely N-dealkylation sites (N-methyl/N-ethyl adjacent to an activating group) is 1. The number of aliphatic hydroxyl groups is 1. The maximum atomic E-state index is 10.4. The first kappa shape index (κ1) is 12.0. The van der Waals surface area contributed by atoms with Crippen LogP contribution in [0.4, 0.5) is 0 Å². The summed E-state index contributed by atoms with van der Waals surface area (Å²) in [7, 11) is 0. The molecule has 1 heterocycles. The largest absolute Gasteiger partial charge is 0.388 e. The highest BCUT2D eigenvalue weighted by molar-refractivity contribution is 4.93. The second-order valence-electron chi connectivity index (χ2n) is 4.55. The van der Waals surface area contributed by atoms with Crippen LogP contribution in [0.2, 0.25) is 0 Å². The minimum atomic E-state index is -0.594. The van der Waals surface area contributed by atoms with Crippen molar-refractivity contribution in [2.45, 2.75) is 45.3 Å². The van der Waals surface area contributed by atoms with Gasteiger partial charge in [-0.1, -0.05) is 6.92 Å². The van der Waals surface area contributed by atoms with E-state index in [0.29, 0.717) is 5.92 Å². The highest BCUT2D eigenvalue weighted by atomic mass is 16.3. The molecule has 0 aromatic carbocycles. The lowest BCUT2D eigenvalue weighted by Crippen LogP contribution is -2.55. The molecule has 0 aromatic heterocycles. The van der Waals surface area contributed by atoms with Crippen molar-refractivity contribution in [2.24, 2.45) is 5.92 Å². The number of rotatable bonds is 4. The van der Waals surface area contributed by atoms with E-state index in [-0.39, 0.29) is 6.04 Å². The number of hydrogen-bond acceptors (Lipinski definition) is 3. The Morgan fingerprint density at radius 3 is 2.86 bits per heavy atom. The van der Waals surface area contributed by atoms with E-state index in [1.165, 1.54) is 6.42 Å². The van der Waals surface area contributed by atoms with Gasteiger partial charge >= 0.3 is 0 Å². The topological polar surface area (TPSA) is 44.3 Å². The molecule has 1 aliphatic heterocycles. The molecular weight excluding hydrogens is 176 g/mol. The smallest absolute Gasteiger partial charge is 0.0809 e. The summed E-state index contributed by atoms with van der Waals surface area (Å²) in [5.41, 5.74) is -0.594. The van der Waals surface area contributed by atoms with Crippen molar-refractivity contribution in [3.05, 3.63) is 0 Å². The molecule has 0 amide bonds. The fourth-order valence-corrected chi connectivity index (χ4v) is 2.22. The lowest BCUT2D eigenvalue weighted by Gasteiger charge is -2.40. The first-order valence-electron chi connectivity index (χ1n) is 5.75. The molecule has 0 aliphatic carbocycles. The number of nitrogens with one attached hydrogen (secondary N) is 2. The molecule has 0 saturated carbocycles. The van der Waals surface area contributed by atoms with Crippen molar-refractivity contribution in [3.63, 3.8) is 0 Å². The Morgan fingerprint density at radius 1 is 1.64 bits per heavy atom. The zero-order chi connectivity index (χ0) is 10.6. The molecule has 1 saturated heterocycles. The van der Waals surface area contributed by atoms with E-state index < -0.39 is 5.60 Å². The summed E-state index contributed by atoms with van der Waals surface area (Å²) >= 11 is 0. The van der Waals surface area contributed by atoms with Gasteiger partial charge in [0.2, 0.25) is 0 Å². The zero-order valence-corrected chi connectivity index (χ0v) is 9.64. The molecule has 3 N–H and O–H groups in total. The van der Waals surface area contributed by atoms with Gasteiger partial charge in [-0.3, -0.25) is 0 Å². The van der Waals surface area contributed by atoms with Gasteiger partial charge in [0, 0.05) is 18.5 Å². The summed E-state index contributed by atoms with van der Waals surface area (Å²) < 4.78 is 0. The molecule has 1 rings (SSSR count). The summed E-state index contributed by atoms with van der Waals surface area (Å²) in [6, 6.07) is 0.164. The zero-order valence-electron chi connectivity index (χ0n) is 9.64. The maximum absolute atomic E-state index is 10.4. The Hall–Kier alpha value is -0.120. The molecule has 0 bridgehead atoms. The summed E-state index contributed by atoms with van der Waals surface area (Å²) in [6.45, 7) is 9.06. The van der Waals surface area contributed by atoms with Crippen LogP contribution in [0.25, 0.3) is 0 Å². The van der Waals surface area contributed by atoms with Crippen LogP contribution < -0.4 is 10.6 Å². The molecule has 1 fully saturated rings. The SMILES string of the molecule is CCNC(C)C(C)(O)C1CCCNC1. The molecule has 84 valence electrons. The minimum absolute atomic E-state index is 0.164. The predicted molar refractivity (Wildman–Crippen MR) is 59.4 cm³/mol. The fraction of sp³-hybridized carbons (Fsp3) is 1.00. The van der Waals surface area contributed by atoms with Crippen LogP contribution in [0.5, 0.6) is 0 Å². The van der Waals surface area contributed by atoms with Gasteiger partial charge in [0.05, 0.1) is 5.60 Å². The molecule has 0 aromatic rings. The van der Waals surface area contributed by atoms with E-state index in [1.54, 1.807) is 0 Å². The van der Waals surface area contributed by atoms with Crippen LogP contribution in [0.1, 0.15) is 33.6 Å². The van der Waals surface area contributed by atoms with Gasteiger partial charge in [-0.2, -0.15) is 0 Å². The van der Waals surface area contributed by atoms with Crippen LogP contribution in [-0.4, -0.2) is 36.4 Å². The van der Waals surface area contributed by atoms with Gasteiger partial charge in [0.1, 0.15) is 0 Å². The standard InChI is InChI=1S/C11H24N2O/c1-4-13-9(2)11(3,14)10-6-5-7-12-8-10/h9-10,12-14H,4-8H2,1-3H3. The first-order valence-corrected chi connectivity index (χ1v) is 5.75. The fourth-order valence-electron chi connectivity index (χ4n) is 2.22. The molecule has 3 heteroatoms. The summed E-state index contributed by atoms with van der Waals surface area (Å²) in [6.07, 6.45) is 2.31. The molecule has 3 atom stereocenters. The number of hydrogen-bond donors (Lipinski definition) is 3. The van der Waals surface area contributed by atoms with E-state index in [4.69, 9.17) is 0 Å². The van der Waals surface area contributed by atoms with Crippen LogP contribution in [0, 0.1) is 5.92 Å². The second kappa shape index (κ2) is 5.10. The van der Waals surface area contributed by atoms with Crippen molar-refractivity contribution < 1.29 is 5.11 Å². The Morgan fingerprint density at radius 2 is 2.36 bits per heavy atom. The average molecular weight is 200 g/mol. The lowest BCUT2D eigenvalue weighted by molar-refractivity contribution is -0.0374. The minimum Gasteiger partial charge on any atom is -0.388 e. The summed E-state index contributed by atoms with van der Waals surface area (Å²) in [5, 5.41) is 17.1. The molecular formula is C11H24N2O. The van der Waals surface area contributed by atoms with Gasteiger partial charge in [-0.05, 0) is 39.8 Å². The van der Waals surface area contributed by atoms with E-state index in [2.05, 4.69) is 24.5 Å². The molecule has 0 radical (unpaired) electrons. The van der Waals surface area contributed by atoms with Gasteiger partial charge in [-0.15, -0.1) is 0 Å². The third-order valence-corrected chi connectivity index (χ3v) is 3.51. The lowest BCUT2D eigenvalue weighted by atomic mass is 9.79. The Kier molecular flexibility index (Phi) is 4.35. The molecule has 14 heavy (non-hydrogen) atoms. The first-order chi connectivity index (χ1) is 6.59. The number of piperidine rings is 1. The van der Waals surface area contributed by atoms with E-state index in [0.717, 1.165) is 26.1 Å². The van der Waals surface area contributed by atoms with Gasteiger partial charge in [0.25, 0.3) is 0 Å². The van der Waals surface area contributed by atoms with Crippen molar-refractivity contribution in [1.82, 2.24) is 10.6 Å². The third-order valence-electron chi connectivity index (χ3n) is 3.51. The predicted octanol–water partition coefficient (Wildman–Crippen LogP) is 0.735. The molecule has 0 spiro atoms. The van der Waals surface area contributed by atoms with Crippen molar-refractivity contribution >= 4 is 0 Å². The molecule has 3 unspecified atom stereocenters. The van der Waals surface area contributed by atoms with Gasteiger partial charge in [-0.25, -0.2) is 0 Å². The van der Waals surface area contributed by atoms with E-state index in [9.17, 15) is 5.11 Å². The Bertz CT molecular complexity index is 165. The van der Waals surface area contributed by atoms with Crippen molar-refractivity contribution in [3.8, 4) is 0 Å².